The van der Waals surface area contributed by atoms with Gasteiger partial charge < -0.3 is 10.2 Å². The van der Waals surface area contributed by atoms with Gasteiger partial charge in [-0.1, -0.05) is 24.9 Å². The third kappa shape index (κ3) is 5.36. The van der Waals surface area contributed by atoms with Crippen LogP contribution in [0.15, 0.2) is 18.2 Å². The number of hydrogen-bond donors (Lipinski definition) is 1. The zero-order valence-corrected chi connectivity index (χ0v) is 15.4. The fourth-order valence-electron chi connectivity index (χ4n) is 2.21. The lowest BCUT2D eigenvalue weighted by molar-refractivity contribution is -0.145. The largest absolute Gasteiger partial charge is 0.418 e. The number of carbonyl (C=O) groups excluding carboxylic acids is 2. The Morgan fingerprint density at radius 3 is 2.36 bits per heavy atom. The van der Waals surface area contributed by atoms with Gasteiger partial charge in [-0.05, 0) is 38.5 Å². The average molecular weight is 379 g/mol. The molecule has 0 radical (unpaired) electrons. The van der Waals surface area contributed by atoms with E-state index >= 15 is 0 Å². The van der Waals surface area contributed by atoms with Crippen LogP contribution in [0.4, 0.5) is 18.9 Å². The van der Waals surface area contributed by atoms with E-state index in [0.29, 0.717) is 6.54 Å². The van der Waals surface area contributed by atoms with Crippen molar-refractivity contribution in [1.29, 1.82) is 0 Å². The first-order valence-electron chi connectivity index (χ1n) is 7.85. The number of anilines is 1. The summed E-state index contributed by atoms with van der Waals surface area (Å²) in [7, 11) is 1.57. The molecule has 0 bridgehead atoms. The molecule has 0 aliphatic carbocycles. The van der Waals surface area contributed by atoms with Gasteiger partial charge in [0.05, 0.1) is 11.3 Å². The van der Waals surface area contributed by atoms with Crippen LogP contribution in [0.3, 0.4) is 0 Å². The van der Waals surface area contributed by atoms with Crippen LogP contribution in [0, 0.1) is 5.41 Å². The van der Waals surface area contributed by atoms with E-state index in [0.717, 1.165) is 25.0 Å². The van der Waals surface area contributed by atoms with Crippen LogP contribution >= 0.6 is 11.6 Å². The van der Waals surface area contributed by atoms with Gasteiger partial charge in [-0.2, -0.15) is 13.2 Å². The van der Waals surface area contributed by atoms with Gasteiger partial charge in [-0.15, -0.1) is 0 Å². The Labute approximate surface area is 150 Å². The highest BCUT2D eigenvalue weighted by atomic mass is 35.5. The molecule has 8 heteroatoms. The quantitative estimate of drug-likeness (QED) is 0.736. The number of halogens is 4. The smallest absolute Gasteiger partial charge is 0.345 e. The molecule has 1 N–H and O–H groups in total. The number of hydrogen-bond acceptors (Lipinski definition) is 2. The Kier molecular flexibility index (Phi) is 6.88. The highest BCUT2D eigenvalue weighted by Crippen LogP contribution is 2.37. The van der Waals surface area contributed by atoms with Crippen molar-refractivity contribution in [2.24, 2.45) is 5.41 Å². The van der Waals surface area contributed by atoms with Crippen molar-refractivity contribution in [3.8, 4) is 0 Å². The van der Waals surface area contributed by atoms with E-state index in [2.05, 4.69) is 5.32 Å². The molecule has 4 nitrogen and oxygen atoms in total. The van der Waals surface area contributed by atoms with Gasteiger partial charge in [-0.3, -0.25) is 9.59 Å². The zero-order valence-electron chi connectivity index (χ0n) is 14.6. The minimum atomic E-state index is -4.68. The number of carbonyl (C=O) groups is 2. The maximum Gasteiger partial charge on any atom is 0.418 e. The van der Waals surface area contributed by atoms with Crippen molar-refractivity contribution >= 4 is 29.1 Å². The topological polar surface area (TPSA) is 49.4 Å². The molecule has 25 heavy (non-hydrogen) atoms. The highest BCUT2D eigenvalue weighted by molar-refractivity contribution is 6.30. The normalized spacial score (nSPS) is 12.0. The number of nitrogens with zero attached hydrogens (tertiary/aromatic N) is 1. The van der Waals surface area contributed by atoms with Gasteiger partial charge >= 0.3 is 6.18 Å². The summed E-state index contributed by atoms with van der Waals surface area (Å²) in [6.45, 7) is 5.21. The lowest BCUT2D eigenvalue weighted by Crippen LogP contribution is -2.46. The van der Waals surface area contributed by atoms with E-state index in [-0.39, 0.29) is 5.02 Å². The molecule has 0 unspecified atom stereocenters. The second-order valence-corrected chi connectivity index (χ2v) is 6.78. The van der Waals surface area contributed by atoms with Gasteiger partial charge in [-0.25, -0.2) is 0 Å². The molecule has 140 valence electrons. The number of rotatable bonds is 6. The predicted octanol–water partition coefficient (Wildman–Crippen LogP) is 4.58. The zero-order chi connectivity index (χ0) is 19.4. The van der Waals surface area contributed by atoms with Gasteiger partial charge in [0.25, 0.3) is 0 Å². The molecule has 0 spiro atoms. The summed E-state index contributed by atoms with van der Waals surface area (Å²) in [5, 5.41) is 2.11. The Morgan fingerprint density at radius 1 is 1.24 bits per heavy atom. The van der Waals surface area contributed by atoms with E-state index in [4.69, 9.17) is 11.6 Å². The fraction of sp³-hybridized carbons (Fsp3) is 0.529. The van der Waals surface area contributed by atoms with Crippen LogP contribution in [0.5, 0.6) is 0 Å². The first kappa shape index (κ1) is 21.3. The molecule has 0 fully saturated rings. The molecule has 0 heterocycles. The molecular formula is C17H22ClF3N2O2. The minimum absolute atomic E-state index is 0.0973. The summed E-state index contributed by atoms with van der Waals surface area (Å²) in [6, 6.07) is 3.05. The van der Waals surface area contributed by atoms with E-state index < -0.39 is 34.7 Å². The minimum Gasteiger partial charge on any atom is -0.345 e. The molecule has 0 saturated heterocycles. The molecule has 2 amide bonds. The lowest BCUT2D eigenvalue weighted by atomic mass is 9.90. The predicted molar refractivity (Wildman–Crippen MR) is 91.4 cm³/mol. The van der Waals surface area contributed by atoms with E-state index in [9.17, 15) is 22.8 Å². The summed E-state index contributed by atoms with van der Waals surface area (Å²) in [5.74, 6) is -1.27. The third-order valence-corrected chi connectivity index (χ3v) is 4.07. The summed E-state index contributed by atoms with van der Waals surface area (Å²) >= 11 is 5.62. The molecule has 1 aromatic rings. The van der Waals surface area contributed by atoms with Crippen molar-refractivity contribution in [2.45, 2.75) is 39.8 Å². The molecule has 0 saturated carbocycles. The van der Waals surface area contributed by atoms with E-state index in [1.54, 1.807) is 7.05 Å². The van der Waals surface area contributed by atoms with Gasteiger partial charge in [0, 0.05) is 18.6 Å². The van der Waals surface area contributed by atoms with Crippen molar-refractivity contribution < 1.29 is 22.8 Å². The fourth-order valence-corrected chi connectivity index (χ4v) is 2.38. The first-order chi connectivity index (χ1) is 11.4. The van der Waals surface area contributed by atoms with Crippen LogP contribution < -0.4 is 5.32 Å². The van der Waals surface area contributed by atoms with Gasteiger partial charge in [0.1, 0.15) is 5.41 Å². The monoisotopic (exact) mass is 378 g/mol. The Balaban J connectivity index is 3.03. The van der Waals surface area contributed by atoms with Crippen molar-refractivity contribution in [3.05, 3.63) is 28.8 Å². The molecule has 0 aliphatic rings. The Morgan fingerprint density at radius 2 is 1.84 bits per heavy atom. The molecule has 1 rings (SSSR count). The van der Waals surface area contributed by atoms with Crippen LogP contribution in [0.1, 0.15) is 39.2 Å². The van der Waals surface area contributed by atoms with Crippen LogP contribution in [-0.4, -0.2) is 30.3 Å². The second-order valence-electron chi connectivity index (χ2n) is 6.35. The van der Waals surface area contributed by atoms with Gasteiger partial charge in [0.2, 0.25) is 11.8 Å². The SMILES string of the molecule is CCCCN(C)C(=O)C(C)(C)C(=O)Nc1ccc(Cl)cc1C(F)(F)F. The number of benzene rings is 1. The standard InChI is InChI=1S/C17H22ClF3N2O2/c1-5-6-9-23(4)15(25)16(2,3)14(24)22-13-8-7-11(18)10-12(13)17(19,20)21/h7-8,10H,5-6,9H2,1-4H3,(H,22,24). The van der Waals surface area contributed by atoms with Crippen molar-refractivity contribution in [1.82, 2.24) is 4.90 Å². The van der Waals surface area contributed by atoms with Crippen molar-refractivity contribution in [2.75, 3.05) is 18.9 Å². The van der Waals surface area contributed by atoms with E-state index in [1.165, 1.54) is 24.8 Å². The molecule has 0 aromatic heterocycles. The average Bonchev–Trinajstić information content (AvgIpc) is 2.52. The van der Waals surface area contributed by atoms with Crippen LogP contribution in [0.2, 0.25) is 5.02 Å². The van der Waals surface area contributed by atoms with Crippen LogP contribution in [-0.2, 0) is 15.8 Å². The van der Waals surface area contributed by atoms with Gasteiger partial charge in [0.15, 0.2) is 0 Å². The Hall–Kier alpha value is -1.76. The molecular weight excluding hydrogens is 357 g/mol. The molecule has 0 atom stereocenters. The summed E-state index contributed by atoms with van der Waals surface area (Å²) < 4.78 is 39.3. The molecule has 0 aliphatic heterocycles. The summed E-state index contributed by atoms with van der Waals surface area (Å²) in [5.41, 5.74) is -3.00. The molecule has 1 aromatic carbocycles. The third-order valence-electron chi connectivity index (χ3n) is 3.83. The summed E-state index contributed by atoms with van der Waals surface area (Å²) in [6.07, 6.45) is -3.03. The highest BCUT2D eigenvalue weighted by Gasteiger charge is 2.40. The number of amides is 2. The second kappa shape index (κ2) is 8.08. The Bertz CT molecular complexity index is 645. The first-order valence-corrected chi connectivity index (χ1v) is 8.22. The van der Waals surface area contributed by atoms with Crippen molar-refractivity contribution in [3.63, 3.8) is 0 Å². The maximum atomic E-state index is 13.1. The number of nitrogens with one attached hydrogen (secondary N) is 1. The maximum absolute atomic E-state index is 13.1. The number of unbranched alkanes of at least 4 members (excludes halogenated alkanes) is 1. The van der Waals surface area contributed by atoms with Crippen LogP contribution in [0.25, 0.3) is 0 Å². The lowest BCUT2D eigenvalue weighted by Gasteiger charge is -2.28. The summed E-state index contributed by atoms with van der Waals surface area (Å²) in [4.78, 5) is 26.3. The van der Waals surface area contributed by atoms with E-state index in [1.807, 2.05) is 6.92 Å². The number of alkyl halides is 3.